The molecule has 0 bridgehead atoms. The fourth-order valence-corrected chi connectivity index (χ4v) is 2.44. The monoisotopic (exact) mass is 249 g/mol. The maximum atomic E-state index is 11.9. The highest BCUT2D eigenvalue weighted by atomic mass is 16.5. The van der Waals surface area contributed by atoms with E-state index in [9.17, 15) is 9.90 Å². The molecule has 1 amide bonds. The quantitative estimate of drug-likeness (QED) is 0.887. The van der Waals surface area contributed by atoms with E-state index >= 15 is 0 Å². The summed E-state index contributed by atoms with van der Waals surface area (Å²) in [7, 11) is 1.63. The molecule has 1 fully saturated rings. The van der Waals surface area contributed by atoms with E-state index in [-0.39, 0.29) is 11.9 Å². The van der Waals surface area contributed by atoms with Gasteiger partial charge in [0.25, 0.3) is 5.91 Å². The molecular weight excluding hydrogens is 230 g/mol. The van der Waals surface area contributed by atoms with Crippen molar-refractivity contribution < 1.29 is 14.6 Å². The second kappa shape index (κ2) is 5.40. The molecule has 1 aromatic rings. The molecule has 18 heavy (non-hydrogen) atoms. The number of hydrogen-bond donors (Lipinski definition) is 1. The number of hydrogen-bond acceptors (Lipinski definition) is 3. The summed E-state index contributed by atoms with van der Waals surface area (Å²) in [6.07, 6.45) is 1.00. The Morgan fingerprint density at radius 2 is 2.11 bits per heavy atom. The van der Waals surface area contributed by atoms with Gasteiger partial charge >= 0.3 is 0 Å². The summed E-state index contributed by atoms with van der Waals surface area (Å²) in [5.41, 5.74) is 1.10. The minimum absolute atomic E-state index is 0.0815. The van der Waals surface area contributed by atoms with Crippen molar-refractivity contribution in [1.29, 1.82) is 0 Å². The highest BCUT2D eigenvalue weighted by molar-refractivity contribution is 5.81. The van der Waals surface area contributed by atoms with Crippen LogP contribution in [0.2, 0.25) is 0 Å². The Balaban J connectivity index is 2.17. The molecule has 2 unspecified atom stereocenters. The highest BCUT2D eigenvalue weighted by Gasteiger charge is 2.31. The van der Waals surface area contributed by atoms with E-state index in [1.807, 2.05) is 24.3 Å². The van der Waals surface area contributed by atoms with Crippen molar-refractivity contribution in [3.63, 3.8) is 0 Å². The number of likely N-dealkylation sites (tertiary alicyclic amines) is 1. The van der Waals surface area contributed by atoms with E-state index in [1.165, 1.54) is 6.92 Å². The highest BCUT2D eigenvalue weighted by Crippen LogP contribution is 2.33. The average molecular weight is 249 g/mol. The summed E-state index contributed by atoms with van der Waals surface area (Å²) >= 11 is 0. The zero-order valence-electron chi connectivity index (χ0n) is 10.8. The fraction of sp³-hybridized carbons (Fsp3) is 0.500. The van der Waals surface area contributed by atoms with E-state index in [0.29, 0.717) is 0 Å². The molecule has 0 aromatic heterocycles. The largest absolute Gasteiger partial charge is 0.497 e. The van der Waals surface area contributed by atoms with Crippen LogP contribution in [0.5, 0.6) is 5.75 Å². The molecule has 0 spiro atoms. The van der Waals surface area contributed by atoms with Crippen molar-refractivity contribution in [1.82, 2.24) is 4.90 Å². The van der Waals surface area contributed by atoms with Crippen molar-refractivity contribution in [2.75, 3.05) is 13.7 Å². The number of rotatable bonds is 3. The molecule has 98 valence electrons. The Morgan fingerprint density at radius 1 is 1.44 bits per heavy atom. The maximum Gasteiger partial charge on any atom is 0.251 e. The Labute approximate surface area is 107 Å². The molecule has 1 saturated heterocycles. The molecule has 4 heteroatoms. The van der Waals surface area contributed by atoms with Crippen LogP contribution in [0.15, 0.2) is 24.3 Å². The summed E-state index contributed by atoms with van der Waals surface area (Å²) in [6.45, 7) is 2.24. The smallest absolute Gasteiger partial charge is 0.251 e. The molecule has 0 radical (unpaired) electrons. The van der Waals surface area contributed by atoms with Crippen molar-refractivity contribution in [2.24, 2.45) is 0 Å². The summed E-state index contributed by atoms with van der Waals surface area (Å²) < 4.78 is 5.12. The van der Waals surface area contributed by atoms with Gasteiger partial charge in [0.05, 0.1) is 13.2 Å². The van der Waals surface area contributed by atoms with Gasteiger partial charge in [0.2, 0.25) is 0 Å². The number of amides is 1. The number of nitrogens with zero attached hydrogens (tertiary/aromatic N) is 1. The summed E-state index contributed by atoms with van der Waals surface area (Å²) in [4.78, 5) is 13.7. The van der Waals surface area contributed by atoms with Crippen molar-refractivity contribution >= 4 is 5.91 Å². The second-order valence-corrected chi connectivity index (χ2v) is 4.64. The van der Waals surface area contributed by atoms with E-state index in [2.05, 4.69) is 0 Å². The van der Waals surface area contributed by atoms with Crippen molar-refractivity contribution in [3.05, 3.63) is 29.8 Å². The van der Waals surface area contributed by atoms with Gasteiger partial charge in [-0.2, -0.15) is 0 Å². The standard InChI is InChI=1S/C14H19NO3/c1-10(16)14(17)15-9-3-4-13(15)11-5-7-12(18-2)8-6-11/h5-8,10,13,16H,3-4,9H2,1-2H3. The first-order valence-electron chi connectivity index (χ1n) is 6.26. The first-order chi connectivity index (χ1) is 8.63. The zero-order chi connectivity index (χ0) is 13.1. The molecular formula is C14H19NO3. The third-order valence-electron chi connectivity index (χ3n) is 3.39. The van der Waals surface area contributed by atoms with Gasteiger partial charge < -0.3 is 14.7 Å². The molecule has 1 N–H and O–H groups in total. The first kappa shape index (κ1) is 12.9. The molecule has 0 aliphatic carbocycles. The van der Waals surface area contributed by atoms with Crippen LogP contribution in [0, 0.1) is 0 Å². The van der Waals surface area contributed by atoms with Crippen LogP contribution in [0.1, 0.15) is 31.4 Å². The Kier molecular flexibility index (Phi) is 3.87. The van der Waals surface area contributed by atoms with Gasteiger partial charge in [-0.15, -0.1) is 0 Å². The van der Waals surface area contributed by atoms with Crippen LogP contribution in [0.4, 0.5) is 0 Å². The predicted octanol–water partition coefficient (Wildman–Crippen LogP) is 1.74. The van der Waals surface area contributed by atoms with Gasteiger partial charge in [-0.1, -0.05) is 12.1 Å². The molecule has 0 saturated carbocycles. The van der Waals surface area contributed by atoms with Crippen LogP contribution < -0.4 is 4.74 Å². The molecule has 1 aliphatic rings. The summed E-state index contributed by atoms with van der Waals surface area (Å²) in [5.74, 6) is 0.624. The second-order valence-electron chi connectivity index (χ2n) is 4.64. The number of ether oxygens (including phenoxy) is 1. The lowest BCUT2D eigenvalue weighted by Gasteiger charge is -2.26. The topological polar surface area (TPSA) is 49.8 Å². The van der Waals surface area contributed by atoms with Crippen LogP contribution in [0.25, 0.3) is 0 Å². The van der Waals surface area contributed by atoms with Crippen LogP contribution >= 0.6 is 0 Å². The minimum Gasteiger partial charge on any atom is -0.497 e. The van der Waals surface area contributed by atoms with Gasteiger partial charge in [0.15, 0.2) is 0 Å². The lowest BCUT2D eigenvalue weighted by molar-refractivity contribution is -0.140. The Bertz CT molecular complexity index is 414. The maximum absolute atomic E-state index is 11.9. The van der Waals surface area contributed by atoms with E-state index < -0.39 is 6.10 Å². The molecule has 1 aliphatic heterocycles. The normalized spacial score (nSPS) is 20.8. The van der Waals surface area contributed by atoms with Gasteiger partial charge in [0, 0.05) is 6.54 Å². The third-order valence-corrected chi connectivity index (χ3v) is 3.39. The van der Waals surface area contributed by atoms with Gasteiger partial charge in [-0.05, 0) is 37.5 Å². The number of benzene rings is 1. The molecule has 4 nitrogen and oxygen atoms in total. The van der Waals surface area contributed by atoms with Crippen LogP contribution in [-0.4, -0.2) is 35.7 Å². The zero-order valence-corrected chi connectivity index (χ0v) is 10.8. The minimum atomic E-state index is -0.927. The van der Waals surface area contributed by atoms with Gasteiger partial charge in [-0.3, -0.25) is 4.79 Å². The predicted molar refractivity (Wildman–Crippen MR) is 68.4 cm³/mol. The summed E-state index contributed by atoms with van der Waals surface area (Å²) in [5, 5.41) is 9.42. The SMILES string of the molecule is COc1ccc(C2CCCN2C(=O)C(C)O)cc1. The Morgan fingerprint density at radius 3 is 2.67 bits per heavy atom. The van der Waals surface area contributed by atoms with Crippen LogP contribution in [0.3, 0.4) is 0 Å². The van der Waals surface area contributed by atoms with E-state index in [0.717, 1.165) is 30.7 Å². The van der Waals surface area contributed by atoms with Crippen molar-refractivity contribution in [2.45, 2.75) is 31.9 Å². The number of aliphatic hydroxyl groups excluding tert-OH is 1. The third kappa shape index (κ3) is 2.48. The van der Waals surface area contributed by atoms with Gasteiger partial charge in [-0.25, -0.2) is 0 Å². The summed E-state index contributed by atoms with van der Waals surface area (Å²) in [6, 6.07) is 7.85. The average Bonchev–Trinajstić information content (AvgIpc) is 2.87. The van der Waals surface area contributed by atoms with E-state index in [4.69, 9.17) is 4.74 Å². The lowest BCUT2D eigenvalue weighted by atomic mass is 10.0. The molecule has 2 rings (SSSR count). The number of methoxy groups -OCH3 is 1. The molecule has 1 aromatic carbocycles. The lowest BCUT2D eigenvalue weighted by Crippen LogP contribution is -2.37. The van der Waals surface area contributed by atoms with Crippen molar-refractivity contribution in [3.8, 4) is 5.75 Å². The number of carbonyl (C=O) groups excluding carboxylic acids is 1. The molecule has 2 atom stereocenters. The first-order valence-corrected chi connectivity index (χ1v) is 6.26. The van der Waals surface area contributed by atoms with Crippen LogP contribution in [-0.2, 0) is 4.79 Å². The fourth-order valence-electron chi connectivity index (χ4n) is 2.44. The Hall–Kier alpha value is -1.55. The number of carbonyl (C=O) groups is 1. The van der Waals surface area contributed by atoms with Gasteiger partial charge in [0.1, 0.15) is 11.9 Å². The molecule has 1 heterocycles. The number of aliphatic hydroxyl groups is 1. The van der Waals surface area contributed by atoms with E-state index in [1.54, 1.807) is 12.0 Å².